The summed E-state index contributed by atoms with van der Waals surface area (Å²) in [4.78, 5) is 13.6. The number of likely N-dealkylation sites (tertiary alicyclic amines) is 1. The van der Waals surface area contributed by atoms with Gasteiger partial charge in [0, 0.05) is 25.4 Å². The summed E-state index contributed by atoms with van der Waals surface area (Å²) in [7, 11) is 1.91. The molecule has 0 radical (unpaired) electrons. The Bertz CT molecular complexity index is 422. The minimum Gasteiger partial charge on any atom is -0.332 e. The first-order chi connectivity index (χ1) is 7.63. The molecular weight excluding hydrogens is 202 g/mol. The van der Waals surface area contributed by atoms with Gasteiger partial charge in [0.1, 0.15) is 0 Å². The molecule has 1 unspecified atom stereocenters. The number of amides is 1. The number of carbonyl (C=O) groups excluding carboxylic acids is 1. The van der Waals surface area contributed by atoms with Crippen LogP contribution in [0.4, 0.5) is 0 Å². The molecule has 86 valence electrons. The standard InChI is InChI=1S/C12H17N3O/c1-4-12(16)15-7-5-6-11(15)10-8-14(3)13-9(10)2/h4,8,11H,1,5-7H2,2-3H3. The van der Waals surface area contributed by atoms with E-state index in [1.807, 2.05) is 25.1 Å². The highest BCUT2D eigenvalue weighted by atomic mass is 16.2. The molecule has 0 spiro atoms. The van der Waals surface area contributed by atoms with Gasteiger partial charge in [0.25, 0.3) is 0 Å². The highest BCUT2D eigenvalue weighted by Gasteiger charge is 2.30. The van der Waals surface area contributed by atoms with E-state index in [1.165, 1.54) is 6.08 Å². The zero-order valence-electron chi connectivity index (χ0n) is 9.81. The van der Waals surface area contributed by atoms with Crippen molar-refractivity contribution in [3.05, 3.63) is 30.1 Å². The van der Waals surface area contributed by atoms with E-state index in [4.69, 9.17) is 0 Å². The molecule has 1 aromatic rings. The molecule has 16 heavy (non-hydrogen) atoms. The Kier molecular flexibility index (Phi) is 2.81. The van der Waals surface area contributed by atoms with Gasteiger partial charge in [0.15, 0.2) is 0 Å². The van der Waals surface area contributed by atoms with Crippen LogP contribution in [0, 0.1) is 6.92 Å². The average Bonchev–Trinajstić information content (AvgIpc) is 2.83. The number of rotatable bonds is 2. The molecule has 4 nitrogen and oxygen atoms in total. The normalized spacial score (nSPS) is 20.1. The maximum Gasteiger partial charge on any atom is 0.246 e. The van der Waals surface area contributed by atoms with E-state index in [1.54, 1.807) is 4.68 Å². The molecule has 0 bridgehead atoms. The zero-order chi connectivity index (χ0) is 11.7. The predicted molar refractivity (Wildman–Crippen MR) is 61.8 cm³/mol. The number of hydrogen-bond donors (Lipinski definition) is 0. The molecular formula is C12H17N3O. The lowest BCUT2D eigenvalue weighted by Crippen LogP contribution is -2.28. The molecule has 1 aliphatic heterocycles. The molecule has 1 fully saturated rings. The third-order valence-electron chi connectivity index (χ3n) is 3.12. The Balaban J connectivity index is 2.29. The number of nitrogens with zero attached hydrogens (tertiary/aromatic N) is 3. The Morgan fingerprint density at radius 2 is 2.44 bits per heavy atom. The predicted octanol–water partition coefficient (Wildman–Crippen LogP) is 1.58. The van der Waals surface area contributed by atoms with E-state index in [9.17, 15) is 4.79 Å². The smallest absolute Gasteiger partial charge is 0.246 e. The number of aryl methyl sites for hydroxylation is 2. The zero-order valence-corrected chi connectivity index (χ0v) is 9.81. The molecule has 0 saturated carbocycles. The van der Waals surface area contributed by atoms with Gasteiger partial charge in [-0.15, -0.1) is 0 Å². The van der Waals surface area contributed by atoms with Crippen molar-refractivity contribution in [3.63, 3.8) is 0 Å². The third-order valence-corrected chi connectivity index (χ3v) is 3.12. The van der Waals surface area contributed by atoms with Crippen molar-refractivity contribution >= 4 is 5.91 Å². The largest absolute Gasteiger partial charge is 0.332 e. The number of carbonyl (C=O) groups is 1. The van der Waals surface area contributed by atoms with Crippen LogP contribution in [0.25, 0.3) is 0 Å². The summed E-state index contributed by atoms with van der Waals surface area (Å²) in [6.07, 6.45) is 5.48. The molecule has 4 heteroatoms. The van der Waals surface area contributed by atoms with Gasteiger partial charge in [0.2, 0.25) is 5.91 Å². The van der Waals surface area contributed by atoms with Crippen LogP contribution in [0.1, 0.15) is 30.1 Å². The van der Waals surface area contributed by atoms with Crippen LogP contribution in [-0.2, 0) is 11.8 Å². The summed E-state index contributed by atoms with van der Waals surface area (Å²) < 4.78 is 1.81. The Hall–Kier alpha value is -1.58. The van der Waals surface area contributed by atoms with Crippen LogP contribution in [0.3, 0.4) is 0 Å². The first kappa shape index (κ1) is 10.9. The average molecular weight is 219 g/mol. The monoisotopic (exact) mass is 219 g/mol. The van der Waals surface area contributed by atoms with Crippen LogP contribution < -0.4 is 0 Å². The summed E-state index contributed by atoms with van der Waals surface area (Å²) in [5.74, 6) is 0.0192. The fourth-order valence-corrected chi connectivity index (χ4v) is 2.42. The van der Waals surface area contributed by atoms with E-state index in [2.05, 4.69) is 11.7 Å². The maximum atomic E-state index is 11.7. The van der Waals surface area contributed by atoms with Gasteiger partial charge < -0.3 is 4.90 Å². The molecule has 2 rings (SSSR count). The van der Waals surface area contributed by atoms with Gasteiger partial charge in [-0.3, -0.25) is 9.48 Å². The SMILES string of the molecule is C=CC(=O)N1CCCC1c1cn(C)nc1C. The summed E-state index contributed by atoms with van der Waals surface area (Å²) in [5.41, 5.74) is 2.17. The lowest BCUT2D eigenvalue weighted by atomic mass is 10.1. The van der Waals surface area contributed by atoms with Gasteiger partial charge in [0.05, 0.1) is 11.7 Å². The second-order valence-electron chi connectivity index (χ2n) is 4.24. The third kappa shape index (κ3) is 1.75. The van der Waals surface area contributed by atoms with Crippen LogP contribution in [-0.4, -0.2) is 27.1 Å². The van der Waals surface area contributed by atoms with Gasteiger partial charge in [-0.25, -0.2) is 0 Å². The van der Waals surface area contributed by atoms with E-state index >= 15 is 0 Å². The van der Waals surface area contributed by atoms with Crippen LogP contribution in [0.2, 0.25) is 0 Å². The van der Waals surface area contributed by atoms with Crippen LogP contribution in [0.5, 0.6) is 0 Å². The van der Waals surface area contributed by atoms with Crippen LogP contribution >= 0.6 is 0 Å². The molecule has 0 aliphatic carbocycles. The van der Waals surface area contributed by atoms with Crippen molar-refractivity contribution in [2.75, 3.05) is 6.54 Å². The molecule has 2 heterocycles. The van der Waals surface area contributed by atoms with Crippen molar-refractivity contribution in [3.8, 4) is 0 Å². The van der Waals surface area contributed by atoms with E-state index in [0.717, 1.165) is 30.6 Å². The molecule has 1 aromatic heterocycles. The molecule has 0 N–H and O–H groups in total. The van der Waals surface area contributed by atoms with Crippen molar-refractivity contribution < 1.29 is 4.79 Å². The topological polar surface area (TPSA) is 38.1 Å². The highest BCUT2D eigenvalue weighted by molar-refractivity contribution is 5.87. The number of hydrogen-bond acceptors (Lipinski definition) is 2. The van der Waals surface area contributed by atoms with Gasteiger partial charge >= 0.3 is 0 Å². The lowest BCUT2D eigenvalue weighted by molar-refractivity contribution is -0.126. The summed E-state index contributed by atoms with van der Waals surface area (Å²) in [6.45, 7) is 6.36. The lowest BCUT2D eigenvalue weighted by Gasteiger charge is -2.22. The van der Waals surface area contributed by atoms with Crippen LogP contribution in [0.15, 0.2) is 18.9 Å². The minimum absolute atomic E-state index is 0.0192. The summed E-state index contributed by atoms with van der Waals surface area (Å²) >= 11 is 0. The number of aromatic nitrogens is 2. The van der Waals surface area contributed by atoms with Crippen molar-refractivity contribution in [1.29, 1.82) is 0 Å². The highest BCUT2D eigenvalue weighted by Crippen LogP contribution is 2.33. The second-order valence-corrected chi connectivity index (χ2v) is 4.24. The fraction of sp³-hybridized carbons (Fsp3) is 0.500. The molecule has 1 amide bonds. The molecule has 0 aromatic carbocycles. The first-order valence-electron chi connectivity index (χ1n) is 5.56. The summed E-state index contributed by atoms with van der Waals surface area (Å²) in [6, 6.07) is 0.180. The Morgan fingerprint density at radius 1 is 1.69 bits per heavy atom. The van der Waals surface area contributed by atoms with Gasteiger partial charge in [-0.2, -0.15) is 5.10 Å². The Labute approximate surface area is 95.5 Å². The van der Waals surface area contributed by atoms with E-state index in [-0.39, 0.29) is 11.9 Å². The van der Waals surface area contributed by atoms with Crippen molar-refractivity contribution in [2.45, 2.75) is 25.8 Å². The van der Waals surface area contributed by atoms with E-state index < -0.39 is 0 Å². The molecule has 1 saturated heterocycles. The summed E-state index contributed by atoms with van der Waals surface area (Å²) in [5, 5.41) is 4.33. The quantitative estimate of drug-likeness (QED) is 0.708. The van der Waals surface area contributed by atoms with E-state index in [0.29, 0.717) is 0 Å². The fourth-order valence-electron chi connectivity index (χ4n) is 2.42. The Morgan fingerprint density at radius 3 is 3.00 bits per heavy atom. The molecule has 1 atom stereocenters. The van der Waals surface area contributed by atoms with Gasteiger partial charge in [-0.05, 0) is 25.8 Å². The van der Waals surface area contributed by atoms with Gasteiger partial charge in [-0.1, -0.05) is 6.58 Å². The maximum absolute atomic E-state index is 11.7. The first-order valence-corrected chi connectivity index (χ1v) is 5.56. The van der Waals surface area contributed by atoms with Crippen molar-refractivity contribution in [1.82, 2.24) is 14.7 Å². The second kappa shape index (κ2) is 4.12. The van der Waals surface area contributed by atoms with Crippen molar-refractivity contribution in [2.24, 2.45) is 7.05 Å². The minimum atomic E-state index is 0.0192. The molecule has 1 aliphatic rings.